The van der Waals surface area contributed by atoms with Gasteiger partial charge in [0.1, 0.15) is 0 Å². The Morgan fingerprint density at radius 1 is 1.12 bits per heavy atom. The molecule has 2 saturated heterocycles. The molecule has 0 aromatic heterocycles. The van der Waals surface area contributed by atoms with Crippen LogP contribution in [0, 0.1) is 5.92 Å². The quantitative estimate of drug-likeness (QED) is 0.703. The highest BCUT2D eigenvalue weighted by atomic mass is 16.7. The average molecular weight is 239 g/mol. The summed E-state index contributed by atoms with van der Waals surface area (Å²) in [7, 11) is -0.0151. The predicted octanol–water partition coefficient (Wildman–Crippen LogP) is 2.42. The SMILES string of the molecule is CC1CN(CCCB2OC(C)(C)C(C)(C)O2)C1. The Morgan fingerprint density at radius 2 is 1.65 bits per heavy atom. The Hall–Kier alpha value is -0.0551. The molecular formula is C13H26BNO2. The lowest BCUT2D eigenvalue weighted by atomic mass is 9.83. The van der Waals surface area contributed by atoms with E-state index in [1.54, 1.807) is 0 Å². The molecule has 0 saturated carbocycles. The molecule has 2 aliphatic rings. The normalized spacial score (nSPS) is 28.4. The monoisotopic (exact) mass is 239 g/mol. The number of likely N-dealkylation sites (tertiary alicyclic amines) is 1. The van der Waals surface area contributed by atoms with Crippen molar-refractivity contribution in [3.05, 3.63) is 0 Å². The highest BCUT2D eigenvalue weighted by molar-refractivity contribution is 6.45. The molecule has 0 aliphatic carbocycles. The fourth-order valence-electron chi connectivity index (χ4n) is 2.58. The van der Waals surface area contributed by atoms with Crippen LogP contribution in [0.25, 0.3) is 0 Å². The van der Waals surface area contributed by atoms with Crippen LogP contribution in [-0.2, 0) is 9.31 Å². The molecule has 2 rings (SSSR count). The lowest BCUT2D eigenvalue weighted by molar-refractivity contribution is 0.00578. The second-order valence-electron chi connectivity index (χ2n) is 6.69. The Labute approximate surface area is 106 Å². The standard InChI is InChI=1S/C13H26BNO2/c1-11-9-15(10-11)8-6-7-14-16-12(2,3)13(4,5)17-14/h11H,6-10H2,1-5H3. The lowest BCUT2D eigenvalue weighted by Gasteiger charge is -2.37. The fraction of sp³-hybridized carbons (Fsp3) is 1.00. The summed E-state index contributed by atoms with van der Waals surface area (Å²) in [5.74, 6) is 0.895. The van der Waals surface area contributed by atoms with Crippen LogP contribution >= 0.6 is 0 Å². The van der Waals surface area contributed by atoms with Gasteiger partial charge in [-0.2, -0.15) is 0 Å². The molecule has 0 aromatic carbocycles. The van der Waals surface area contributed by atoms with Crippen LogP contribution in [0.15, 0.2) is 0 Å². The van der Waals surface area contributed by atoms with Gasteiger partial charge in [0.25, 0.3) is 0 Å². The van der Waals surface area contributed by atoms with Crippen molar-refractivity contribution >= 4 is 7.12 Å². The highest BCUT2D eigenvalue weighted by Gasteiger charge is 2.50. The maximum Gasteiger partial charge on any atom is 0.457 e. The molecular weight excluding hydrogens is 213 g/mol. The van der Waals surface area contributed by atoms with E-state index in [2.05, 4.69) is 39.5 Å². The molecule has 0 unspecified atom stereocenters. The molecule has 17 heavy (non-hydrogen) atoms. The van der Waals surface area contributed by atoms with Gasteiger partial charge in [-0.15, -0.1) is 0 Å². The van der Waals surface area contributed by atoms with Crippen molar-refractivity contribution in [2.75, 3.05) is 19.6 Å². The van der Waals surface area contributed by atoms with Gasteiger partial charge in [-0.1, -0.05) is 6.92 Å². The molecule has 4 heteroatoms. The van der Waals surface area contributed by atoms with Gasteiger partial charge in [0.05, 0.1) is 11.2 Å². The van der Waals surface area contributed by atoms with Crippen molar-refractivity contribution in [3.63, 3.8) is 0 Å². The van der Waals surface area contributed by atoms with Crippen LogP contribution in [0.2, 0.25) is 6.32 Å². The van der Waals surface area contributed by atoms with Gasteiger partial charge in [-0.25, -0.2) is 0 Å². The van der Waals surface area contributed by atoms with Crippen LogP contribution in [0.1, 0.15) is 41.0 Å². The Kier molecular flexibility index (Phi) is 3.59. The van der Waals surface area contributed by atoms with Crippen LogP contribution in [0.3, 0.4) is 0 Å². The summed E-state index contributed by atoms with van der Waals surface area (Å²) in [6.07, 6.45) is 2.18. The molecule has 2 heterocycles. The second kappa shape index (κ2) is 4.56. The van der Waals surface area contributed by atoms with E-state index >= 15 is 0 Å². The van der Waals surface area contributed by atoms with E-state index in [0.717, 1.165) is 12.2 Å². The van der Waals surface area contributed by atoms with Crippen LogP contribution in [0.5, 0.6) is 0 Å². The van der Waals surface area contributed by atoms with Crippen LogP contribution < -0.4 is 0 Å². The van der Waals surface area contributed by atoms with Crippen molar-refractivity contribution in [3.8, 4) is 0 Å². The zero-order valence-corrected chi connectivity index (χ0v) is 12.0. The first-order chi connectivity index (χ1) is 7.80. The van der Waals surface area contributed by atoms with Gasteiger partial charge >= 0.3 is 7.12 Å². The number of nitrogens with zero attached hydrogens (tertiary/aromatic N) is 1. The maximum absolute atomic E-state index is 5.98. The molecule has 0 bridgehead atoms. The molecule has 0 amide bonds. The summed E-state index contributed by atoms with van der Waals surface area (Å²) in [5, 5.41) is 0. The Morgan fingerprint density at radius 3 is 2.12 bits per heavy atom. The minimum atomic E-state index is -0.178. The summed E-state index contributed by atoms with van der Waals surface area (Å²) in [5.41, 5.74) is -0.355. The van der Waals surface area contributed by atoms with E-state index in [4.69, 9.17) is 9.31 Å². The van der Waals surface area contributed by atoms with Crippen molar-refractivity contribution < 1.29 is 9.31 Å². The van der Waals surface area contributed by atoms with E-state index in [0.29, 0.717) is 0 Å². The number of hydrogen-bond acceptors (Lipinski definition) is 3. The highest BCUT2D eigenvalue weighted by Crippen LogP contribution is 2.37. The molecule has 3 nitrogen and oxygen atoms in total. The second-order valence-corrected chi connectivity index (χ2v) is 6.69. The van der Waals surface area contributed by atoms with E-state index in [1.165, 1.54) is 26.1 Å². The third-order valence-corrected chi connectivity index (χ3v) is 4.36. The van der Waals surface area contributed by atoms with Gasteiger partial charge in [0.2, 0.25) is 0 Å². The third kappa shape index (κ3) is 2.86. The van der Waals surface area contributed by atoms with Crippen LogP contribution in [0.4, 0.5) is 0 Å². The van der Waals surface area contributed by atoms with E-state index in [-0.39, 0.29) is 18.3 Å². The molecule has 0 N–H and O–H groups in total. The smallest absolute Gasteiger partial charge is 0.403 e. The van der Waals surface area contributed by atoms with Gasteiger partial charge < -0.3 is 14.2 Å². The summed E-state index contributed by atoms with van der Waals surface area (Å²) < 4.78 is 12.0. The Balaban J connectivity index is 1.68. The molecule has 0 aromatic rings. The molecule has 0 atom stereocenters. The molecule has 0 radical (unpaired) electrons. The Bertz CT molecular complexity index is 259. The topological polar surface area (TPSA) is 21.7 Å². The van der Waals surface area contributed by atoms with Gasteiger partial charge in [0, 0.05) is 13.1 Å². The first-order valence-electron chi connectivity index (χ1n) is 6.88. The molecule has 2 aliphatic heterocycles. The number of rotatable bonds is 4. The minimum absolute atomic E-state index is 0.0151. The van der Waals surface area contributed by atoms with Crippen molar-refractivity contribution in [2.45, 2.75) is 58.6 Å². The summed E-state index contributed by atoms with van der Waals surface area (Å²) >= 11 is 0. The fourth-order valence-corrected chi connectivity index (χ4v) is 2.58. The molecule has 0 spiro atoms. The van der Waals surface area contributed by atoms with Crippen LogP contribution in [-0.4, -0.2) is 42.9 Å². The largest absolute Gasteiger partial charge is 0.457 e. The zero-order valence-electron chi connectivity index (χ0n) is 12.0. The minimum Gasteiger partial charge on any atom is -0.403 e. The molecule has 2 fully saturated rings. The summed E-state index contributed by atoms with van der Waals surface area (Å²) in [4.78, 5) is 2.51. The predicted molar refractivity (Wildman–Crippen MR) is 71.1 cm³/mol. The zero-order chi connectivity index (χ0) is 12.7. The van der Waals surface area contributed by atoms with E-state index < -0.39 is 0 Å². The van der Waals surface area contributed by atoms with Gasteiger partial charge in [0.15, 0.2) is 0 Å². The third-order valence-electron chi connectivity index (χ3n) is 4.36. The van der Waals surface area contributed by atoms with Crippen molar-refractivity contribution in [1.29, 1.82) is 0 Å². The van der Waals surface area contributed by atoms with E-state index in [1.807, 2.05) is 0 Å². The first-order valence-corrected chi connectivity index (χ1v) is 6.88. The molecule has 98 valence electrons. The first kappa shape index (κ1) is 13.4. The van der Waals surface area contributed by atoms with Gasteiger partial charge in [-0.3, -0.25) is 0 Å². The lowest BCUT2D eigenvalue weighted by Crippen LogP contribution is -2.45. The maximum atomic E-state index is 5.98. The van der Waals surface area contributed by atoms with Gasteiger partial charge in [-0.05, 0) is 52.9 Å². The van der Waals surface area contributed by atoms with Crippen molar-refractivity contribution in [2.24, 2.45) is 5.92 Å². The number of hydrogen-bond donors (Lipinski definition) is 0. The average Bonchev–Trinajstić information content (AvgIpc) is 2.32. The summed E-state index contributed by atoms with van der Waals surface area (Å²) in [6.45, 7) is 14.5. The van der Waals surface area contributed by atoms with Crippen molar-refractivity contribution in [1.82, 2.24) is 4.90 Å². The van der Waals surface area contributed by atoms with E-state index in [9.17, 15) is 0 Å². The summed E-state index contributed by atoms with van der Waals surface area (Å²) in [6, 6.07) is 0.